The molecule has 0 saturated carbocycles. The van der Waals surface area contributed by atoms with Crippen LogP contribution in [0, 0.1) is 0 Å². The fraction of sp³-hybridized carbons (Fsp3) is 0.118. The minimum absolute atomic E-state index is 0. The fourth-order valence-electron chi connectivity index (χ4n) is 1.40. The maximum absolute atomic E-state index is 11.6. The standard InChI is InChI=1S/C14H11BrN2O2.C3H7NO.Mo.H2O.2O/c15-12-6-7-13(18)11(8-12)9-16-17-14(19)10-4-2-1-3-5-10;1-4(2)3-5;;;;/h1-9,18H,(H,17,19);3H,1-2H3;;1H2;;/q;;;;2*-2/p-1/b16-9+;;;;;. The Morgan fingerprint density at radius 1 is 1.11 bits per heavy atom. The van der Waals surface area contributed by atoms with Gasteiger partial charge in [-0.25, -0.2) is 0 Å². The van der Waals surface area contributed by atoms with Crippen molar-refractivity contribution < 1.29 is 52.5 Å². The van der Waals surface area contributed by atoms with Gasteiger partial charge in [0.25, 0.3) is 0 Å². The molecule has 0 heterocycles. The van der Waals surface area contributed by atoms with Crippen molar-refractivity contribution in [3.05, 3.63) is 64.1 Å². The summed E-state index contributed by atoms with van der Waals surface area (Å²) in [5.41, 5.74) is 0.829. The van der Waals surface area contributed by atoms with E-state index in [1.807, 2.05) is 6.07 Å². The molecule has 0 aliphatic rings. The van der Waals surface area contributed by atoms with Gasteiger partial charge in [0.15, 0.2) is 0 Å². The van der Waals surface area contributed by atoms with Crippen molar-refractivity contribution in [1.82, 2.24) is 4.90 Å². The van der Waals surface area contributed by atoms with Crippen molar-refractivity contribution in [3.8, 4) is 5.75 Å². The van der Waals surface area contributed by atoms with Crippen LogP contribution in [0.15, 0.2) is 63.2 Å². The third-order valence-electron chi connectivity index (χ3n) is 2.55. The molecular weight excluding hydrogens is 518 g/mol. The van der Waals surface area contributed by atoms with Crippen LogP contribution in [-0.4, -0.2) is 37.5 Å². The predicted molar refractivity (Wildman–Crippen MR) is 100 cm³/mol. The summed E-state index contributed by atoms with van der Waals surface area (Å²) >= 11 is 3.26. The van der Waals surface area contributed by atoms with Crippen LogP contribution in [0.4, 0.5) is 0 Å². The number of benzene rings is 2. The van der Waals surface area contributed by atoms with E-state index in [9.17, 15) is 15.0 Å². The molecule has 3 N–H and O–H groups in total. The maximum atomic E-state index is 11.6. The first-order chi connectivity index (χ1) is 11.4. The van der Waals surface area contributed by atoms with Gasteiger partial charge in [0.1, 0.15) is 0 Å². The SMILES string of the molecule is CN(C)C=O.[Mo].[O-2].[O-2].[O-]/C(=N\N=C\c1cc(Br)ccc1[O-])c1ccccc1.[OH3+]. The van der Waals surface area contributed by atoms with Crippen LogP contribution in [0.2, 0.25) is 0 Å². The van der Waals surface area contributed by atoms with E-state index in [4.69, 9.17) is 0 Å². The molecule has 9 nitrogen and oxygen atoms in total. The maximum Gasteiger partial charge on any atom is 0.209 e. The van der Waals surface area contributed by atoms with Gasteiger partial charge in [0, 0.05) is 45.5 Å². The Morgan fingerprint density at radius 3 is 2.14 bits per heavy atom. The first-order valence-electron chi connectivity index (χ1n) is 6.85. The third kappa shape index (κ3) is 13.1. The molecule has 0 atom stereocenters. The Kier molecular flexibility index (Phi) is 21.8. The van der Waals surface area contributed by atoms with Gasteiger partial charge in [-0.15, -0.1) is 0 Å². The molecule has 2 aromatic rings. The van der Waals surface area contributed by atoms with Crippen LogP contribution in [0.3, 0.4) is 0 Å². The summed E-state index contributed by atoms with van der Waals surface area (Å²) in [6.07, 6.45) is 2.02. The molecule has 0 spiro atoms. The van der Waals surface area contributed by atoms with Gasteiger partial charge in [0.05, 0.1) is 6.21 Å². The molecule has 1 amide bonds. The first-order valence-corrected chi connectivity index (χ1v) is 7.65. The van der Waals surface area contributed by atoms with E-state index in [-0.39, 0.29) is 43.2 Å². The van der Waals surface area contributed by atoms with Crippen molar-refractivity contribution in [3.63, 3.8) is 0 Å². The van der Waals surface area contributed by atoms with Gasteiger partial charge in [-0.3, -0.25) is 4.79 Å². The van der Waals surface area contributed by atoms with Crippen molar-refractivity contribution >= 4 is 34.5 Å². The molecule has 28 heavy (non-hydrogen) atoms. The number of hydrogen-bond donors (Lipinski definition) is 0. The fourth-order valence-corrected chi connectivity index (χ4v) is 1.78. The van der Waals surface area contributed by atoms with E-state index in [0.29, 0.717) is 11.1 Å². The molecule has 0 saturated heterocycles. The zero-order valence-electron chi connectivity index (χ0n) is 15.0. The van der Waals surface area contributed by atoms with Gasteiger partial charge >= 0.3 is 0 Å². The second kappa shape index (κ2) is 18.3. The second-order valence-electron chi connectivity index (χ2n) is 4.77. The van der Waals surface area contributed by atoms with Crippen molar-refractivity contribution in [2.24, 2.45) is 10.2 Å². The summed E-state index contributed by atoms with van der Waals surface area (Å²) in [6, 6.07) is 13.3. The number of nitrogens with zero attached hydrogens (tertiary/aromatic N) is 3. The number of rotatable bonds is 4. The van der Waals surface area contributed by atoms with Crippen LogP contribution >= 0.6 is 15.9 Å². The molecule has 2 aromatic carbocycles. The summed E-state index contributed by atoms with van der Waals surface area (Å²) in [5.74, 6) is -0.617. The Balaban J connectivity index is -0.000000288. The number of hydrogen-bond acceptors (Lipinski definition) is 5. The molecule has 11 heteroatoms. The molecule has 2 rings (SSSR count). The zero-order valence-corrected chi connectivity index (χ0v) is 18.6. The monoisotopic (exact) mass is 538 g/mol. The molecule has 0 unspecified atom stereocenters. The number of amides is 1. The number of halogens is 1. The largest absolute Gasteiger partial charge is 2.00 e. The smallest absolute Gasteiger partial charge is 0.209 e. The van der Waals surface area contributed by atoms with E-state index < -0.39 is 5.90 Å². The Bertz CT molecular complexity index is 730. The zero-order chi connectivity index (χ0) is 17.9. The molecule has 0 aliphatic heterocycles. The Hall–Kier alpha value is -2.10. The van der Waals surface area contributed by atoms with E-state index in [0.717, 1.165) is 10.9 Å². The van der Waals surface area contributed by atoms with Crippen molar-refractivity contribution in [2.45, 2.75) is 0 Å². The first kappa shape index (κ1) is 33.5. The second-order valence-corrected chi connectivity index (χ2v) is 5.68. The summed E-state index contributed by atoms with van der Waals surface area (Å²) in [5, 5.41) is 30.3. The molecule has 0 aliphatic carbocycles. The number of carbonyl (C=O) groups excluding carboxylic acids is 1. The Labute approximate surface area is 185 Å². The van der Waals surface area contributed by atoms with Gasteiger partial charge < -0.3 is 31.5 Å². The Morgan fingerprint density at radius 2 is 1.64 bits per heavy atom. The number of carbonyl (C=O) groups is 1. The van der Waals surface area contributed by atoms with E-state index in [1.54, 1.807) is 50.5 Å². The van der Waals surface area contributed by atoms with Crippen LogP contribution in [0.25, 0.3) is 0 Å². The van der Waals surface area contributed by atoms with Gasteiger partial charge in [0.2, 0.25) is 6.41 Å². The van der Waals surface area contributed by atoms with Crippen molar-refractivity contribution in [2.75, 3.05) is 14.1 Å². The molecule has 0 radical (unpaired) electrons. The molecule has 156 valence electrons. The third-order valence-corrected chi connectivity index (χ3v) is 3.04. The van der Waals surface area contributed by atoms with E-state index in [2.05, 4.69) is 26.1 Å². The minimum Gasteiger partial charge on any atom is -2.00 e. The quantitative estimate of drug-likeness (QED) is 0.135. The summed E-state index contributed by atoms with van der Waals surface area (Å²) in [6.45, 7) is 0. The topological polar surface area (TPSA) is 181 Å². The van der Waals surface area contributed by atoms with E-state index >= 15 is 0 Å². The minimum atomic E-state index is -0.445. The van der Waals surface area contributed by atoms with Gasteiger partial charge in [-0.1, -0.05) is 58.1 Å². The molecule has 0 aromatic heterocycles. The molecular formula is C17H19BrMoN3O6-5. The van der Waals surface area contributed by atoms with Gasteiger partial charge in [-0.05, 0) is 23.3 Å². The van der Waals surface area contributed by atoms with Crippen molar-refractivity contribution in [1.29, 1.82) is 0 Å². The average Bonchev–Trinajstić information content (AvgIpc) is 2.59. The summed E-state index contributed by atoms with van der Waals surface area (Å²) < 4.78 is 0.767. The van der Waals surface area contributed by atoms with E-state index in [1.165, 1.54) is 17.2 Å². The molecule has 0 bridgehead atoms. The predicted octanol–water partition coefficient (Wildman–Crippen LogP) is 0.206. The van der Waals surface area contributed by atoms with Crippen LogP contribution < -0.4 is 10.2 Å². The molecule has 0 fully saturated rings. The van der Waals surface area contributed by atoms with Crippen LogP contribution in [0.1, 0.15) is 11.1 Å². The van der Waals surface area contributed by atoms with Crippen LogP contribution in [-0.2, 0) is 42.3 Å². The summed E-state index contributed by atoms with van der Waals surface area (Å²) in [4.78, 5) is 10.9. The van der Waals surface area contributed by atoms with Crippen LogP contribution in [0.5, 0.6) is 5.75 Å². The summed E-state index contributed by atoms with van der Waals surface area (Å²) in [7, 11) is 3.38. The average molecular weight is 537 g/mol. The normalized spacial score (nSPS) is 9.32. The van der Waals surface area contributed by atoms with Gasteiger partial charge in [-0.2, -0.15) is 10.2 Å².